The standard InChI is InChI=1S/C13H17ClN2O/c14-5-1-6-15-7-4-10-2-3-12-11(8-10)9-13(17)16-12/h2-3,8,15H,1,4-7,9H2,(H,16,17). The number of alkyl halides is 1. The molecule has 2 N–H and O–H groups in total. The minimum atomic E-state index is 0.0948. The molecule has 0 unspecified atom stereocenters. The molecule has 0 atom stereocenters. The van der Waals surface area contributed by atoms with Crippen molar-refractivity contribution < 1.29 is 4.79 Å². The Balaban J connectivity index is 1.82. The third kappa shape index (κ3) is 3.45. The van der Waals surface area contributed by atoms with Crippen LogP contribution in [0.4, 0.5) is 5.69 Å². The molecule has 4 heteroatoms. The highest BCUT2D eigenvalue weighted by Crippen LogP contribution is 2.23. The highest BCUT2D eigenvalue weighted by atomic mass is 35.5. The highest BCUT2D eigenvalue weighted by molar-refractivity contribution is 6.17. The molecule has 0 aromatic heterocycles. The number of rotatable bonds is 6. The van der Waals surface area contributed by atoms with Gasteiger partial charge in [-0.1, -0.05) is 12.1 Å². The van der Waals surface area contributed by atoms with Gasteiger partial charge >= 0.3 is 0 Å². The van der Waals surface area contributed by atoms with E-state index in [1.165, 1.54) is 5.56 Å². The average molecular weight is 253 g/mol. The van der Waals surface area contributed by atoms with Crippen LogP contribution in [0, 0.1) is 0 Å². The van der Waals surface area contributed by atoms with Crippen LogP contribution in [0.25, 0.3) is 0 Å². The SMILES string of the molecule is O=C1Cc2cc(CCNCCCCl)ccc2N1. The van der Waals surface area contributed by atoms with Gasteiger partial charge in [-0.3, -0.25) is 4.79 Å². The van der Waals surface area contributed by atoms with E-state index in [0.717, 1.165) is 37.2 Å². The molecule has 1 aliphatic rings. The van der Waals surface area contributed by atoms with Crippen LogP contribution in [-0.4, -0.2) is 24.9 Å². The van der Waals surface area contributed by atoms with Gasteiger partial charge in [0.25, 0.3) is 0 Å². The number of carbonyl (C=O) groups excluding carboxylic acids is 1. The Morgan fingerprint density at radius 3 is 3.06 bits per heavy atom. The van der Waals surface area contributed by atoms with E-state index < -0.39 is 0 Å². The monoisotopic (exact) mass is 252 g/mol. The van der Waals surface area contributed by atoms with E-state index in [9.17, 15) is 4.79 Å². The fourth-order valence-corrected chi connectivity index (χ4v) is 2.12. The third-order valence-electron chi connectivity index (χ3n) is 2.87. The van der Waals surface area contributed by atoms with Crippen molar-refractivity contribution in [2.45, 2.75) is 19.3 Å². The summed E-state index contributed by atoms with van der Waals surface area (Å²) in [5.41, 5.74) is 3.36. The number of hydrogen-bond acceptors (Lipinski definition) is 2. The lowest BCUT2D eigenvalue weighted by Gasteiger charge is -2.05. The lowest BCUT2D eigenvalue weighted by atomic mass is 10.1. The average Bonchev–Trinajstić information content (AvgIpc) is 2.68. The van der Waals surface area contributed by atoms with Gasteiger partial charge in [0.15, 0.2) is 0 Å². The van der Waals surface area contributed by atoms with Gasteiger partial charge in [-0.2, -0.15) is 0 Å². The van der Waals surface area contributed by atoms with Gasteiger partial charge in [0.05, 0.1) is 6.42 Å². The third-order valence-corrected chi connectivity index (χ3v) is 3.14. The Kier molecular flexibility index (Phi) is 4.40. The Morgan fingerprint density at radius 1 is 1.35 bits per heavy atom. The van der Waals surface area contributed by atoms with Crippen molar-refractivity contribution in [3.8, 4) is 0 Å². The van der Waals surface area contributed by atoms with Crippen LogP contribution >= 0.6 is 11.6 Å². The molecule has 1 aliphatic heterocycles. The summed E-state index contributed by atoms with van der Waals surface area (Å²) in [7, 11) is 0. The molecule has 17 heavy (non-hydrogen) atoms. The summed E-state index contributed by atoms with van der Waals surface area (Å²) in [5, 5.41) is 6.18. The zero-order valence-corrected chi connectivity index (χ0v) is 10.5. The first-order valence-corrected chi connectivity index (χ1v) is 6.51. The normalized spacial score (nSPS) is 13.6. The predicted octanol–water partition coefficient (Wildman–Crippen LogP) is 1.94. The first-order chi connectivity index (χ1) is 8.29. The fraction of sp³-hybridized carbons (Fsp3) is 0.462. The number of hydrogen-bond donors (Lipinski definition) is 2. The molecule has 1 aromatic carbocycles. The lowest BCUT2D eigenvalue weighted by Crippen LogP contribution is -2.18. The van der Waals surface area contributed by atoms with Gasteiger partial charge in [-0.15, -0.1) is 11.6 Å². The van der Waals surface area contributed by atoms with Gasteiger partial charge in [-0.25, -0.2) is 0 Å². The first kappa shape index (κ1) is 12.4. The molecule has 1 amide bonds. The van der Waals surface area contributed by atoms with Crippen molar-refractivity contribution in [3.63, 3.8) is 0 Å². The Bertz CT molecular complexity index is 406. The molecule has 0 saturated carbocycles. The molecular weight excluding hydrogens is 236 g/mol. The van der Waals surface area contributed by atoms with E-state index >= 15 is 0 Å². The molecular formula is C13H17ClN2O. The zero-order chi connectivity index (χ0) is 12.1. The maximum atomic E-state index is 11.2. The second-order valence-corrected chi connectivity index (χ2v) is 4.64. The summed E-state index contributed by atoms with van der Waals surface area (Å²) >= 11 is 5.60. The van der Waals surface area contributed by atoms with Gasteiger partial charge in [0, 0.05) is 11.6 Å². The van der Waals surface area contributed by atoms with Crippen LogP contribution in [0.3, 0.4) is 0 Å². The summed E-state index contributed by atoms with van der Waals surface area (Å²) in [6, 6.07) is 6.19. The molecule has 1 aromatic rings. The summed E-state index contributed by atoms with van der Waals surface area (Å²) in [6.07, 6.45) is 2.51. The number of amides is 1. The number of fused-ring (bicyclic) bond motifs is 1. The largest absolute Gasteiger partial charge is 0.326 e. The van der Waals surface area contributed by atoms with Crippen LogP contribution in [0.2, 0.25) is 0 Å². The maximum Gasteiger partial charge on any atom is 0.228 e. The summed E-state index contributed by atoms with van der Waals surface area (Å²) in [5.74, 6) is 0.803. The number of anilines is 1. The predicted molar refractivity (Wildman–Crippen MR) is 70.7 cm³/mol. The van der Waals surface area contributed by atoms with Crippen LogP contribution in [0.1, 0.15) is 17.5 Å². The molecule has 0 spiro atoms. The topological polar surface area (TPSA) is 41.1 Å². The lowest BCUT2D eigenvalue weighted by molar-refractivity contribution is -0.115. The van der Waals surface area contributed by atoms with E-state index in [1.54, 1.807) is 0 Å². The number of halogens is 1. The Labute approximate surface area is 107 Å². The van der Waals surface area contributed by atoms with E-state index in [2.05, 4.69) is 22.8 Å². The summed E-state index contributed by atoms with van der Waals surface area (Å²) in [6.45, 7) is 1.92. The molecule has 0 bridgehead atoms. The number of nitrogens with one attached hydrogen (secondary N) is 2. The van der Waals surface area contributed by atoms with E-state index in [0.29, 0.717) is 12.3 Å². The first-order valence-electron chi connectivity index (χ1n) is 5.98. The van der Waals surface area contributed by atoms with Crippen molar-refractivity contribution in [1.29, 1.82) is 0 Å². The Hall–Kier alpha value is -1.06. The minimum absolute atomic E-state index is 0.0948. The number of benzene rings is 1. The van der Waals surface area contributed by atoms with Gasteiger partial charge < -0.3 is 10.6 Å². The molecule has 1 heterocycles. The molecule has 0 radical (unpaired) electrons. The maximum absolute atomic E-state index is 11.2. The Morgan fingerprint density at radius 2 is 2.24 bits per heavy atom. The summed E-state index contributed by atoms with van der Waals surface area (Å²) < 4.78 is 0. The van der Waals surface area contributed by atoms with E-state index in [4.69, 9.17) is 11.6 Å². The van der Waals surface area contributed by atoms with E-state index in [-0.39, 0.29) is 5.91 Å². The van der Waals surface area contributed by atoms with Crippen molar-refractivity contribution in [2.75, 3.05) is 24.3 Å². The van der Waals surface area contributed by atoms with Crippen molar-refractivity contribution in [3.05, 3.63) is 29.3 Å². The van der Waals surface area contributed by atoms with Crippen molar-refractivity contribution >= 4 is 23.2 Å². The molecule has 0 saturated heterocycles. The smallest absolute Gasteiger partial charge is 0.228 e. The molecule has 92 valence electrons. The van der Waals surface area contributed by atoms with Crippen molar-refractivity contribution in [1.82, 2.24) is 5.32 Å². The van der Waals surface area contributed by atoms with Crippen LogP contribution in [0.5, 0.6) is 0 Å². The number of carbonyl (C=O) groups is 1. The van der Waals surface area contributed by atoms with Crippen LogP contribution in [0.15, 0.2) is 18.2 Å². The van der Waals surface area contributed by atoms with Gasteiger partial charge in [0.2, 0.25) is 5.91 Å². The van der Waals surface area contributed by atoms with Gasteiger partial charge in [0.1, 0.15) is 0 Å². The van der Waals surface area contributed by atoms with Crippen LogP contribution in [-0.2, 0) is 17.6 Å². The van der Waals surface area contributed by atoms with Crippen molar-refractivity contribution in [2.24, 2.45) is 0 Å². The van der Waals surface area contributed by atoms with Gasteiger partial charge in [-0.05, 0) is 43.1 Å². The molecule has 2 rings (SSSR count). The van der Waals surface area contributed by atoms with E-state index in [1.807, 2.05) is 6.07 Å². The summed E-state index contributed by atoms with van der Waals surface area (Å²) in [4.78, 5) is 11.2. The second-order valence-electron chi connectivity index (χ2n) is 4.26. The zero-order valence-electron chi connectivity index (χ0n) is 9.76. The van der Waals surface area contributed by atoms with Crippen LogP contribution < -0.4 is 10.6 Å². The quantitative estimate of drug-likeness (QED) is 0.600. The molecule has 0 aliphatic carbocycles. The second kappa shape index (κ2) is 6.03. The molecule has 0 fully saturated rings. The molecule has 3 nitrogen and oxygen atoms in total. The highest BCUT2D eigenvalue weighted by Gasteiger charge is 2.16. The fourth-order valence-electron chi connectivity index (χ4n) is 1.99. The minimum Gasteiger partial charge on any atom is -0.326 e.